The molecule has 114 valence electrons. The average Bonchev–Trinajstić information content (AvgIpc) is 2.47. The van der Waals surface area contributed by atoms with E-state index < -0.39 is 0 Å². The second kappa shape index (κ2) is 8.66. The molecule has 1 aromatic rings. The van der Waals surface area contributed by atoms with Crippen LogP contribution >= 0.6 is 0 Å². The summed E-state index contributed by atoms with van der Waals surface area (Å²) in [5.74, 6) is 1.30. The van der Waals surface area contributed by atoms with Gasteiger partial charge in [-0.15, -0.1) is 0 Å². The first-order valence-corrected chi connectivity index (χ1v) is 6.91. The zero-order valence-corrected chi connectivity index (χ0v) is 12.5. The summed E-state index contributed by atoms with van der Waals surface area (Å²) in [5.41, 5.74) is 0.982. The Balaban J connectivity index is 2.63. The minimum Gasteiger partial charge on any atom is -0.502 e. The van der Waals surface area contributed by atoms with Crippen LogP contribution in [0.3, 0.4) is 0 Å². The number of aromatic hydroxyl groups is 1. The number of phenols is 1. The fourth-order valence-electron chi connectivity index (χ4n) is 2.10. The van der Waals surface area contributed by atoms with Crippen molar-refractivity contribution in [2.45, 2.75) is 26.3 Å². The van der Waals surface area contributed by atoms with Crippen LogP contribution in [-0.4, -0.2) is 37.6 Å². The van der Waals surface area contributed by atoms with Gasteiger partial charge < -0.3 is 25.0 Å². The quantitative estimate of drug-likeness (QED) is 0.646. The Morgan fingerprint density at radius 1 is 1.20 bits per heavy atom. The maximum absolute atomic E-state index is 9.84. The lowest BCUT2D eigenvalue weighted by molar-refractivity contribution is 0.251. The number of ether oxygens (including phenoxy) is 2. The second-order valence-corrected chi connectivity index (χ2v) is 4.77. The largest absolute Gasteiger partial charge is 0.502 e. The lowest BCUT2D eigenvalue weighted by Crippen LogP contribution is -2.23. The highest BCUT2D eigenvalue weighted by Crippen LogP contribution is 2.36. The topological polar surface area (TPSA) is 71.0 Å². The molecule has 0 fully saturated rings. The maximum Gasteiger partial charge on any atom is 0.200 e. The van der Waals surface area contributed by atoms with Gasteiger partial charge in [-0.1, -0.05) is 13.3 Å². The van der Waals surface area contributed by atoms with E-state index in [9.17, 15) is 5.11 Å². The molecule has 1 aromatic carbocycles. The van der Waals surface area contributed by atoms with E-state index in [2.05, 4.69) is 12.2 Å². The molecule has 0 spiro atoms. The molecule has 1 rings (SSSR count). The molecule has 0 saturated carbocycles. The number of nitrogens with one attached hydrogen (secondary N) is 1. The van der Waals surface area contributed by atoms with Gasteiger partial charge in [0, 0.05) is 13.2 Å². The van der Waals surface area contributed by atoms with Crippen molar-refractivity contribution in [3.05, 3.63) is 17.7 Å². The van der Waals surface area contributed by atoms with Gasteiger partial charge in [-0.05, 0) is 36.6 Å². The van der Waals surface area contributed by atoms with Crippen LogP contribution in [-0.2, 0) is 6.54 Å². The summed E-state index contributed by atoms with van der Waals surface area (Å²) >= 11 is 0. The molecular weight excluding hydrogens is 258 g/mol. The molecule has 0 aliphatic carbocycles. The zero-order valence-electron chi connectivity index (χ0n) is 12.5. The molecule has 1 atom stereocenters. The minimum atomic E-state index is 0.0189. The Kier molecular flexibility index (Phi) is 7.18. The molecular formula is C15H25NO4. The smallest absolute Gasteiger partial charge is 0.200 e. The van der Waals surface area contributed by atoms with Crippen molar-refractivity contribution in [3.8, 4) is 17.2 Å². The molecule has 3 N–H and O–H groups in total. The van der Waals surface area contributed by atoms with Gasteiger partial charge in [0.15, 0.2) is 11.5 Å². The molecule has 20 heavy (non-hydrogen) atoms. The predicted octanol–water partition coefficient (Wildman–Crippen LogP) is 1.91. The van der Waals surface area contributed by atoms with E-state index in [4.69, 9.17) is 14.6 Å². The molecule has 0 aliphatic heterocycles. The molecule has 0 amide bonds. The molecule has 0 heterocycles. The lowest BCUT2D eigenvalue weighted by atomic mass is 10.0. The number of methoxy groups -OCH3 is 2. The highest BCUT2D eigenvalue weighted by atomic mass is 16.5. The fraction of sp³-hybridized carbons (Fsp3) is 0.600. The summed E-state index contributed by atoms with van der Waals surface area (Å²) in [4.78, 5) is 0. The summed E-state index contributed by atoms with van der Waals surface area (Å²) in [6.07, 6.45) is 1.85. The van der Waals surface area contributed by atoms with Crippen LogP contribution in [0.2, 0.25) is 0 Å². The van der Waals surface area contributed by atoms with Gasteiger partial charge in [-0.3, -0.25) is 0 Å². The van der Waals surface area contributed by atoms with Crippen molar-refractivity contribution < 1.29 is 19.7 Å². The first-order chi connectivity index (χ1) is 9.65. The fourth-order valence-corrected chi connectivity index (χ4v) is 2.10. The molecule has 5 heteroatoms. The molecule has 0 aromatic heterocycles. The van der Waals surface area contributed by atoms with Gasteiger partial charge in [-0.25, -0.2) is 0 Å². The van der Waals surface area contributed by atoms with Gasteiger partial charge in [-0.2, -0.15) is 0 Å². The number of aliphatic hydroxyl groups is 1. The number of aliphatic hydroxyl groups excluding tert-OH is 1. The van der Waals surface area contributed by atoms with Gasteiger partial charge in [0.1, 0.15) is 0 Å². The van der Waals surface area contributed by atoms with E-state index in [0.29, 0.717) is 24.0 Å². The SMILES string of the molecule is CCC(CCO)CNCc1cc(OC)c(O)c(OC)c1. The standard InChI is InChI=1S/C15H25NO4/c1-4-11(5-6-17)9-16-10-12-7-13(19-2)15(18)14(8-12)20-3/h7-8,11,16-18H,4-6,9-10H2,1-3H3. The Labute approximate surface area is 120 Å². The van der Waals surface area contributed by atoms with Gasteiger partial charge >= 0.3 is 0 Å². The summed E-state index contributed by atoms with van der Waals surface area (Å²) in [6, 6.07) is 3.58. The summed E-state index contributed by atoms with van der Waals surface area (Å²) in [5, 5.41) is 22.2. The van der Waals surface area contributed by atoms with Gasteiger partial charge in [0.25, 0.3) is 0 Å². The van der Waals surface area contributed by atoms with Gasteiger partial charge in [0.05, 0.1) is 14.2 Å². The lowest BCUT2D eigenvalue weighted by Gasteiger charge is -2.15. The summed E-state index contributed by atoms with van der Waals surface area (Å²) in [6.45, 7) is 3.85. The molecule has 0 aliphatic rings. The van der Waals surface area contributed by atoms with Crippen molar-refractivity contribution in [1.82, 2.24) is 5.32 Å². The zero-order chi connectivity index (χ0) is 15.0. The van der Waals surface area contributed by atoms with Crippen molar-refractivity contribution in [2.75, 3.05) is 27.4 Å². The maximum atomic E-state index is 9.84. The van der Waals surface area contributed by atoms with Crippen LogP contribution in [0.5, 0.6) is 17.2 Å². The van der Waals surface area contributed by atoms with Crippen molar-refractivity contribution in [2.24, 2.45) is 5.92 Å². The highest BCUT2D eigenvalue weighted by Gasteiger charge is 2.11. The van der Waals surface area contributed by atoms with E-state index in [1.807, 2.05) is 0 Å². The molecule has 5 nitrogen and oxygen atoms in total. The highest BCUT2D eigenvalue weighted by molar-refractivity contribution is 5.52. The first-order valence-electron chi connectivity index (χ1n) is 6.91. The van der Waals surface area contributed by atoms with Crippen LogP contribution < -0.4 is 14.8 Å². The average molecular weight is 283 g/mol. The normalized spacial score (nSPS) is 12.2. The van der Waals surface area contributed by atoms with Gasteiger partial charge in [0.2, 0.25) is 5.75 Å². The third-order valence-electron chi connectivity index (χ3n) is 3.42. The predicted molar refractivity (Wildman–Crippen MR) is 78.4 cm³/mol. The monoisotopic (exact) mass is 283 g/mol. The Hall–Kier alpha value is -1.46. The first kappa shape index (κ1) is 16.6. The van der Waals surface area contributed by atoms with E-state index in [1.54, 1.807) is 12.1 Å². The summed E-state index contributed by atoms with van der Waals surface area (Å²) in [7, 11) is 3.03. The van der Waals surface area contributed by atoms with Crippen molar-refractivity contribution in [1.29, 1.82) is 0 Å². The second-order valence-electron chi connectivity index (χ2n) is 4.77. The number of hydrogen-bond donors (Lipinski definition) is 3. The van der Waals surface area contributed by atoms with Crippen molar-refractivity contribution >= 4 is 0 Å². The van der Waals surface area contributed by atoms with E-state index in [1.165, 1.54) is 14.2 Å². The Morgan fingerprint density at radius 3 is 2.25 bits per heavy atom. The number of benzene rings is 1. The minimum absolute atomic E-state index is 0.0189. The van der Waals surface area contributed by atoms with Crippen molar-refractivity contribution in [3.63, 3.8) is 0 Å². The Bertz CT molecular complexity index is 384. The third kappa shape index (κ3) is 4.58. The number of phenolic OH excluding ortho intramolecular Hbond substituents is 1. The molecule has 0 bridgehead atoms. The Morgan fingerprint density at radius 2 is 1.80 bits per heavy atom. The van der Waals surface area contributed by atoms with E-state index in [-0.39, 0.29) is 12.4 Å². The summed E-state index contributed by atoms with van der Waals surface area (Å²) < 4.78 is 10.2. The van der Waals surface area contributed by atoms with Crippen LogP contribution in [0.1, 0.15) is 25.3 Å². The van der Waals surface area contributed by atoms with Crippen LogP contribution in [0, 0.1) is 5.92 Å². The van der Waals surface area contributed by atoms with Crippen LogP contribution in [0.15, 0.2) is 12.1 Å². The van der Waals surface area contributed by atoms with Crippen LogP contribution in [0.4, 0.5) is 0 Å². The van der Waals surface area contributed by atoms with E-state index >= 15 is 0 Å². The molecule has 0 saturated heterocycles. The van der Waals surface area contributed by atoms with E-state index in [0.717, 1.165) is 24.9 Å². The molecule has 1 unspecified atom stereocenters. The third-order valence-corrected chi connectivity index (χ3v) is 3.42. The van der Waals surface area contributed by atoms with Crippen LogP contribution in [0.25, 0.3) is 0 Å². The number of hydrogen-bond acceptors (Lipinski definition) is 5. The molecule has 0 radical (unpaired) electrons. The number of rotatable bonds is 9.